The van der Waals surface area contributed by atoms with E-state index < -0.39 is 5.54 Å². The Morgan fingerprint density at radius 3 is 2.29 bits per heavy atom. The minimum Gasteiger partial charge on any atom is -0.468 e. The van der Waals surface area contributed by atoms with Crippen LogP contribution in [0.4, 0.5) is 0 Å². The Bertz CT molecular complexity index is 237. The molecule has 1 saturated carbocycles. The zero-order chi connectivity index (χ0) is 12.7. The molecule has 4 heteroatoms. The standard InChI is InChI=1S/C13H25NO3/c1-13(10-16-2,12(15)17-3)14-11-8-6-4-5-7-9-11/h11,14H,4-10H2,1-3H3. The first-order valence-electron chi connectivity index (χ1n) is 6.47. The summed E-state index contributed by atoms with van der Waals surface area (Å²) in [5.41, 5.74) is -0.724. The van der Waals surface area contributed by atoms with Crippen molar-refractivity contribution in [1.82, 2.24) is 5.32 Å². The van der Waals surface area contributed by atoms with Crippen molar-refractivity contribution < 1.29 is 14.3 Å². The third kappa shape index (κ3) is 4.28. The summed E-state index contributed by atoms with van der Waals surface area (Å²) in [7, 11) is 3.03. The maximum Gasteiger partial charge on any atom is 0.328 e. The third-order valence-corrected chi connectivity index (χ3v) is 3.45. The Hall–Kier alpha value is -0.610. The van der Waals surface area contributed by atoms with E-state index >= 15 is 0 Å². The largest absolute Gasteiger partial charge is 0.468 e. The van der Waals surface area contributed by atoms with Crippen LogP contribution in [0.15, 0.2) is 0 Å². The molecular weight excluding hydrogens is 218 g/mol. The molecule has 1 fully saturated rings. The molecule has 1 N–H and O–H groups in total. The lowest BCUT2D eigenvalue weighted by atomic mass is 9.99. The Morgan fingerprint density at radius 1 is 1.24 bits per heavy atom. The maximum atomic E-state index is 11.8. The number of nitrogens with one attached hydrogen (secondary N) is 1. The van der Waals surface area contributed by atoms with Gasteiger partial charge in [-0.3, -0.25) is 5.32 Å². The number of esters is 1. The number of hydrogen-bond donors (Lipinski definition) is 1. The monoisotopic (exact) mass is 243 g/mol. The predicted molar refractivity (Wildman–Crippen MR) is 66.9 cm³/mol. The van der Waals surface area contributed by atoms with Crippen molar-refractivity contribution in [3.63, 3.8) is 0 Å². The van der Waals surface area contributed by atoms with Gasteiger partial charge in [0.15, 0.2) is 0 Å². The molecule has 0 bridgehead atoms. The van der Waals surface area contributed by atoms with E-state index in [0.29, 0.717) is 12.6 Å². The van der Waals surface area contributed by atoms with Gasteiger partial charge in [0.05, 0.1) is 13.7 Å². The van der Waals surface area contributed by atoms with Crippen LogP contribution < -0.4 is 5.32 Å². The minimum absolute atomic E-state index is 0.247. The molecule has 100 valence electrons. The lowest BCUT2D eigenvalue weighted by Gasteiger charge is -2.31. The molecule has 0 aromatic rings. The lowest BCUT2D eigenvalue weighted by Crippen LogP contribution is -2.57. The van der Waals surface area contributed by atoms with Gasteiger partial charge in [-0.1, -0.05) is 25.7 Å². The van der Waals surface area contributed by atoms with Crippen molar-refractivity contribution in [3.8, 4) is 0 Å². The van der Waals surface area contributed by atoms with E-state index in [-0.39, 0.29) is 5.97 Å². The first-order chi connectivity index (χ1) is 8.12. The normalized spacial score (nSPS) is 21.6. The number of rotatable bonds is 5. The molecule has 0 spiro atoms. The van der Waals surface area contributed by atoms with E-state index in [4.69, 9.17) is 9.47 Å². The van der Waals surface area contributed by atoms with Crippen LogP contribution >= 0.6 is 0 Å². The van der Waals surface area contributed by atoms with Gasteiger partial charge in [0, 0.05) is 13.2 Å². The van der Waals surface area contributed by atoms with Crippen molar-refractivity contribution in [2.45, 2.75) is 57.0 Å². The summed E-state index contributed by atoms with van der Waals surface area (Å²) in [5.74, 6) is -0.247. The first-order valence-corrected chi connectivity index (χ1v) is 6.47. The fourth-order valence-electron chi connectivity index (χ4n) is 2.55. The molecule has 1 aliphatic carbocycles. The molecule has 0 aliphatic heterocycles. The quantitative estimate of drug-likeness (QED) is 0.591. The van der Waals surface area contributed by atoms with Crippen LogP contribution in [0.25, 0.3) is 0 Å². The van der Waals surface area contributed by atoms with Gasteiger partial charge in [-0.05, 0) is 19.8 Å². The zero-order valence-corrected chi connectivity index (χ0v) is 11.3. The number of ether oxygens (including phenoxy) is 2. The fourth-order valence-corrected chi connectivity index (χ4v) is 2.55. The Labute approximate surface area is 104 Å². The van der Waals surface area contributed by atoms with Crippen molar-refractivity contribution >= 4 is 5.97 Å². The van der Waals surface area contributed by atoms with Gasteiger partial charge in [-0.25, -0.2) is 4.79 Å². The molecule has 0 saturated heterocycles. The van der Waals surface area contributed by atoms with E-state index in [2.05, 4.69) is 5.32 Å². The molecule has 0 aromatic carbocycles. The average molecular weight is 243 g/mol. The van der Waals surface area contributed by atoms with Crippen molar-refractivity contribution in [2.24, 2.45) is 0 Å². The summed E-state index contributed by atoms with van der Waals surface area (Å²) in [4.78, 5) is 11.8. The number of methoxy groups -OCH3 is 2. The highest BCUT2D eigenvalue weighted by atomic mass is 16.5. The molecule has 1 rings (SSSR count). The smallest absolute Gasteiger partial charge is 0.328 e. The van der Waals surface area contributed by atoms with Crippen LogP contribution in [0.2, 0.25) is 0 Å². The molecule has 0 aromatic heterocycles. The van der Waals surface area contributed by atoms with Crippen LogP contribution in [0, 0.1) is 0 Å². The predicted octanol–water partition coefficient (Wildman–Crippen LogP) is 1.88. The van der Waals surface area contributed by atoms with Gasteiger partial charge in [0.25, 0.3) is 0 Å². The second-order valence-corrected chi connectivity index (χ2v) is 5.09. The molecule has 0 radical (unpaired) electrons. The van der Waals surface area contributed by atoms with Gasteiger partial charge < -0.3 is 9.47 Å². The van der Waals surface area contributed by atoms with Gasteiger partial charge in [0.1, 0.15) is 5.54 Å². The third-order valence-electron chi connectivity index (χ3n) is 3.45. The highest BCUT2D eigenvalue weighted by molar-refractivity contribution is 5.80. The zero-order valence-electron chi connectivity index (χ0n) is 11.3. The SMILES string of the molecule is COCC(C)(NC1CCCCCC1)C(=O)OC. The van der Waals surface area contributed by atoms with E-state index in [0.717, 1.165) is 12.8 Å². The number of carbonyl (C=O) groups is 1. The summed E-state index contributed by atoms with van der Waals surface area (Å²) in [6, 6.07) is 0.400. The van der Waals surface area contributed by atoms with Crippen LogP contribution in [0.1, 0.15) is 45.4 Å². The van der Waals surface area contributed by atoms with E-state index in [1.165, 1.54) is 32.8 Å². The van der Waals surface area contributed by atoms with Gasteiger partial charge in [0.2, 0.25) is 0 Å². The first kappa shape index (κ1) is 14.5. The van der Waals surface area contributed by atoms with Gasteiger partial charge in [-0.15, -0.1) is 0 Å². The molecular formula is C13H25NO3. The lowest BCUT2D eigenvalue weighted by molar-refractivity contribution is -0.150. The Balaban J connectivity index is 2.60. The van der Waals surface area contributed by atoms with Crippen molar-refractivity contribution in [1.29, 1.82) is 0 Å². The van der Waals surface area contributed by atoms with Crippen LogP contribution in [0.3, 0.4) is 0 Å². The summed E-state index contributed by atoms with van der Waals surface area (Å²) >= 11 is 0. The van der Waals surface area contributed by atoms with Crippen molar-refractivity contribution in [3.05, 3.63) is 0 Å². The highest BCUT2D eigenvalue weighted by Crippen LogP contribution is 2.20. The van der Waals surface area contributed by atoms with E-state index in [1.807, 2.05) is 6.92 Å². The summed E-state index contributed by atoms with van der Waals surface area (Å²) in [6.07, 6.45) is 7.35. The molecule has 1 atom stereocenters. The molecule has 0 heterocycles. The van der Waals surface area contributed by atoms with Crippen LogP contribution in [-0.2, 0) is 14.3 Å². The average Bonchev–Trinajstić information content (AvgIpc) is 2.56. The van der Waals surface area contributed by atoms with E-state index in [9.17, 15) is 4.79 Å². The molecule has 1 unspecified atom stereocenters. The molecule has 1 aliphatic rings. The second-order valence-electron chi connectivity index (χ2n) is 5.09. The minimum atomic E-state index is -0.724. The van der Waals surface area contributed by atoms with Gasteiger partial charge in [-0.2, -0.15) is 0 Å². The Kier molecular flexibility index (Phi) is 5.92. The fraction of sp³-hybridized carbons (Fsp3) is 0.923. The summed E-state index contributed by atoms with van der Waals surface area (Å²) < 4.78 is 10.00. The van der Waals surface area contributed by atoms with Gasteiger partial charge >= 0.3 is 5.97 Å². The Morgan fingerprint density at radius 2 is 1.82 bits per heavy atom. The topological polar surface area (TPSA) is 47.6 Å². The van der Waals surface area contributed by atoms with Crippen LogP contribution in [0.5, 0.6) is 0 Å². The number of carbonyl (C=O) groups excluding carboxylic acids is 1. The molecule has 0 amide bonds. The summed E-state index contributed by atoms with van der Waals surface area (Å²) in [5, 5.41) is 3.42. The molecule has 17 heavy (non-hydrogen) atoms. The van der Waals surface area contributed by atoms with E-state index in [1.54, 1.807) is 7.11 Å². The van der Waals surface area contributed by atoms with Crippen molar-refractivity contribution in [2.75, 3.05) is 20.8 Å². The highest BCUT2D eigenvalue weighted by Gasteiger charge is 2.36. The summed E-state index contributed by atoms with van der Waals surface area (Å²) in [6.45, 7) is 2.20. The maximum absolute atomic E-state index is 11.8. The van der Waals surface area contributed by atoms with Crippen LogP contribution in [-0.4, -0.2) is 38.4 Å². The second kappa shape index (κ2) is 6.97. The molecule has 4 nitrogen and oxygen atoms in total. The number of hydrogen-bond acceptors (Lipinski definition) is 4.